The summed E-state index contributed by atoms with van der Waals surface area (Å²) in [6, 6.07) is 3.44. The number of nitrogen functional groups attached to an aromatic ring is 1. The molecule has 1 heterocycles. The molecular formula is C10H7BrF2N2O2S2. The summed E-state index contributed by atoms with van der Waals surface area (Å²) >= 11 is 4.00. The summed E-state index contributed by atoms with van der Waals surface area (Å²) in [5.74, 6) is -2.52. The number of thiophene rings is 1. The van der Waals surface area contributed by atoms with Crippen LogP contribution in [-0.4, -0.2) is 8.42 Å². The SMILES string of the molecule is Nc1ccc(F)c(F)c1NS(=O)(=O)c1sccc1Br. The Morgan fingerprint density at radius 2 is 1.95 bits per heavy atom. The van der Waals surface area contributed by atoms with Crippen molar-refractivity contribution in [1.82, 2.24) is 0 Å². The van der Waals surface area contributed by atoms with E-state index in [-0.39, 0.29) is 9.90 Å². The quantitative estimate of drug-likeness (QED) is 0.817. The van der Waals surface area contributed by atoms with E-state index in [9.17, 15) is 17.2 Å². The van der Waals surface area contributed by atoms with Gasteiger partial charge in [0.15, 0.2) is 15.8 Å². The minimum Gasteiger partial charge on any atom is -0.397 e. The molecule has 4 nitrogen and oxygen atoms in total. The molecule has 0 radical (unpaired) electrons. The highest BCUT2D eigenvalue weighted by Gasteiger charge is 2.23. The highest BCUT2D eigenvalue weighted by Crippen LogP contribution is 2.32. The van der Waals surface area contributed by atoms with Crippen LogP contribution in [0.2, 0.25) is 0 Å². The fourth-order valence-electron chi connectivity index (χ4n) is 1.32. The van der Waals surface area contributed by atoms with Gasteiger partial charge in [-0.25, -0.2) is 17.2 Å². The third-order valence-corrected chi connectivity index (χ3v) is 6.21. The summed E-state index contributed by atoms with van der Waals surface area (Å²) in [4.78, 5) is 0. The zero-order chi connectivity index (χ0) is 14.2. The summed E-state index contributed by atoms with van der Waals surface area (Å²) in [7, 11) is -4.03. The molecule has 9 heteroatoms. The summed E-state index contributed by atoms with van der Waals surface area (Å²) in [6.07, 6.45) is 0. The number of sulfonamides is 1. The highest BCUT2D eigenvalue weighted by molar-refractivity contribution is 9.10. The van der Waals surface area contributed by atoms with Gasteiger partial charge in [0.1, 0.15) is 5.69 Å². The molecule has 2 aromatic rings. The zero-order valence-corrected chi connectivity index (χ0v) is 12.4. The first-order valence-corrected chi connectivity index (χ1v) is 7.98. The van der Waals surface area contributed by atoms with Crippen LogP contribution in [0.5, 0.6) is 0 Å². The molecular weight excluding hydrogens is 362 g/mol. The van der Waals surface area contributed by atoms with E-state index in [2.05, 4.69) is 15.9 Å². The summed E-state index contributed by atoms with van der Waals surface area (Å²) < 4.78 is 52.9. The van der Waals surface area contributed by atoms with Crippen molar-refractivity contribution in [3.8, 4) is 0 Å². The van der Waals surface area contributed by atoms with Crippen molar-refractivity contribution in [2.24, 2.45) is 0 Å². The average molecular weight is 369 g/mol. The Morgan fingerprint density at radius 1 is 1.26 bits per heavy atom. The fraction of sp³-hybridized carbons (Fsp3) is 0. The van der Waals surface area contributed by atoms with Crippen molar-refractivity contribution in [2.75, 3.05) is 10.5 Å². The first kappa shape index (κ1) is 14.2. The van der Waals surface area contributed by atoms with E-state index in [4.69, 9.17) is 5.73 Å². The molecule has 3 N–H and O–H groups in total. The number of hydrogen-bond donors (Lipinski definition) is 2. The molecule has 0 bridgehead atoms. The number of rotatable bonds is 3. The van der Waals surface area contributed by atoms with Crippen LogP contribution in [-0.2, 0) is 10.0 Å². The van der Waals surface area contributed by atoms with Crippen LogP contribution in [0.4, 0.5) is 20.2 Å². The van der Waals surface area contributed by atoms with Gasteiger partial charge in [0.05, 0.1) is 5.69 Å². The minimum atomic E-state index is -4.03. The number of halogens is 3. The molecule has 0 saturated carbocycles. The van der Waals surface area contributed by atoms with Gasteiger partial charge in [-0.1, -0.05) is 0 Å². The summed E-state index contributed by atoms with van der Waals surface area (Å²) in [6.45, 7) is 0. The maximum atomic E-state index is 13.5. The molecule has 0 saturated heterocycles. The lowest BCUT2D eigenvalue weighted by Crippen LogP contribution is -2.15. The lowest BCUT2D eigenvalue weighted by molar-refractivity contribution is 0.512. The number of hydrogen-bond acceptors (Lipinski definition) is 4. The van der Waals surface area contributed by atoms with Crippen LogP contribution < -0.4 is 10.5 Å². The van der Waals surface area contributed by atoms with E-state index in [1.807, 2.05) is 4.72 Å². The molecule has 19 heavy (non-hydrogen) atoms. The van der Waals surface area contributed by atoms with E-state index in [1.54, 1.807) is 5.38 Å². The van der Waals surface area contributed by atoms with Crippen molar-refractivity contribution in [2.45, 2.75) is 4.21 Å². The summed E-state index contributed by atoms with van der Waals surface area (Å²) in [5.41, 5.74) is 4.65. The van der Waals surface area contributed by atoms with E-state index in [1.165, 1.54) is 6.07 Å². The second-order valence-electron chi connectivity index (χ2n) is 3.49. The van der Waals surface area contributed by atoms with Gasteiger partial charge in [0.25, 0.3) is 10.0 Å². The first-order chi connectivity index (χ1) is 8.83. The van der Waals surface area contributed by atoms with Crippen molar-refractivity contribution >= 4 is 48.7 Å². The molecule has 0 aliphatic rings. The normalized spacial score (nSPS) is 11.5. The fourth-order valence-corrected chi connectivity index (χ4v) is 4.75. The smallest absolute Gasteiger partial charge is 0.272 e. The van der Waals surface area contributed by atoms with Crippen LogP contribution in [0.25, 0.3) is 0 Å². The van der Waals surface area contributed by atoms with Crippen LogP contribution in [0.3, 0.4) is 0 Å². The lowest BCUT2D eigenvalue weighted by atomic mass is 10.2. The monoisotopic (exact) mass is 368 g/mol. The van der Waals surface area contributed by atoms with Gasteiger partial charge in [-0.15, -0.1) is 11.3 Å². The number of nitrogens with one attached hydrogen (secondary N) is 1. The van der Waals surface area contributed by atoms with Gasteiger partial charge in [-0.3, -0.25) is 4.72 Å². The Balaban J connectivity index is 2.48. The molecule has 102 valence electrons. The second-order valence-corrected chi connectivity index (χ2v) is 7.14. The standard InChI is InChI=1S/C10H7BrF2N2O2S2/c11-5-3-4-18-10(5)19(16,17)15-9-7(14)2-1-6(12)8(9)13/h1-4,15H,14H2. The van der Waals surface area contributed by atoms with Gasteiger partial charge in [-0.2, -0.15) is 0 Å². The number of nitrogens with two attached hydrogens (primary N) is 1. The molecule has 0 amide bonds. The summed E-state index contributed by atoms with van der Waals surface area (Å²) in [5, 5.41) is 1.55. The molecule has 1 aromatic heterocycles. The molecule has 0 aliphatic heterocycles. The molecule has 1 aromatic carbocycles. The van der Waals surface area contributed by atoms with Crippen molar-refractivity contribution in [3.05, 3.63) is 39.7 Å². The first-order valence-electron chi connectivity index (χ1n) is 4.82. The van der Waals surface area contributed by atoms with Gasteiger partial charge in [0, 0.05) is 4.47 Å². The number of benzene rings is 1. The van der Waals surface area contributed by atoms with Gasteiger partial charge >= 0.3 is 0 Å². The van der Waals surface area contributed by atoms with Crippen LogP contribution in [0, 0.1) is 11.6 Å². The Labute approximate surface area is 120 Å². The Morgan fingerprint density at radius 3 is 2.53 bits per heavy atom. The maximum absolute atomic E-state index is 13.5. The van der Waals surface area contributed by atoms with Crippen molar-refractivity contribution in [1.29, 1.82) is 0 Å². The Hall–Kier alpha value is -1.19. The zero-order valence-electron chi connectivity index (χ0n) is 9.15. The van der Waals surface area contributed by atoms with Crippen LogP contribution in [0.15, 0.2) is 32.3 Å². The topological polar surface area (TPSA) is 72.2 Å². The highest BCUT2D eigenvalue weighted by atomic mass is 79.9. The largest absolute Gasteiger partial charge is 0.397 e. The van der Waals surface area contributed by atoms with E-state index < -0.39 is 27.3 Å². The van der Waals surface area contributed by atoms with Gasteiger partial charge in [0.2, 0.25) is 0 Å². The molecule has 2 rings (SSSR count). The molecule has 0 atom stereocenters. The molecule has 0 unspecified atom stereocenters. The van der Waals surface area contributed by atoms with Gasteiger partial charge in [-0.05, 0) is 39.5 Å². The predicted molar refractivity (Wildman–Crippen MR) is 73.6 cm³/mol. The second kappa shape index (κ2) is 5.06. The number of anilines is 2. The average Bonchev–Trinajstić information content (AvgIpc) is 2.77. The van der Waals surface area contributed by atoms with Gasteiger partial charge < -0.3 is 5.73 Å². The third kappa shape index (κ3) is 2.72. The third-order valence-electron chi connectivity index (χ3n) is 2.19. The maximum Gasteiger partial charge on any atom is 0.272 e. The van der Waals surface area contributed by atoms with E-state index in [0.29, 0.717) is 4.47 Å². The van der Waals surface area contributed by atoms with E-state index in [0.717, 1.165) is 23.5 Å². The Kier molecular flexibility index (Phi) is 3.79. The van der Waals surface area contributed by atoms with Crippen molar-refractivity contribution < 1.29 is 17.2 Å². The lowest BCUT2D eigenvalue weighted by Gasteiger charge is -2.10. The van der Waals surface area contributed by atoms with Crippen LogP contribution in [0.1, 0.15) is 0 Å². The van der Waals surface area contributed by atoms with Crippen molar-refractivity contribution in [3.63, 3.8) is 0 Å². The Bertz CT molecular complexity index is 731. The predicted octanol–water partition coefficient (Wildman–Crippen LogP) is 3.17. The molecule has 0 aliphatic carbocycles. The van der Waals surface area contributed by atoms with E-state index >= 15 is 0 Å². The minimum absolute atomic E-state index is 0.0458. The molecule has 0 fully saturated rings. The molecule has 0 spiro atoms. The van der Waals surface area contributed by atoms with Crippen LogP contribution >= 0.6 is 27.3 Å².